The van der Waals surface area contributed by atoms with E-state index in [0.717, 1.165) is 101 Å². The molecule has 5 fully saturated rings. The summed E-state index contributed by atoms with van der Waals surface area (Å²) in [4.78, 5) is 74.5. The van der Waals surface area contributed by atoms with Crippen LogP contribution in [0.25, 0.3) is 0 Å². The second kappa shape index (κ2) is 16.3. The van der Waals surface area contributed by atoms with Crippen molar-refractivity contribution in [2.24, 2.45) is 17.8 Å². The van der Waals surface area contributed by atoms with Crippen molar-refractivity contribution in [2.75, 3.05) is 68.7 Å². The van der Waals surface area contributed by atoms with Crippen molar-refractivity contribution in [1.29, 1.82) is 5.26 Å². The van der Waals surface area contributed by atoms with Crippen LogP contribution in [0.1, 0.15) is 81.6 Å². The molecule has 306 valence electrons. The fourth-order valence-electron chi connectivity index (χ4n) is 10.1. The highest BCUT2D eigenvalue weighted by Gasteiger charge is 2.45. The van der Waals surface area contributed by atoms with E-state index < -0.39 is 23.8 Å². The Hall–Kier alpha value is -5.45. The van der Waals surface area contributed by atoms with E-state index in [4.69, 9.17) is 16.3 Å². The van der Waals surface area contributed by atoms with E-state index in [2.05, 4.69) is 38.2 Å². The maximum absolute atomic E-state index is 13.7. The number of amides is 5. The van der Waals surface area contributed by atoms with Crippen molar-refractivity contribution in [3.8, 4) is 11.8 Å². The van der Waals surface area contributed by atoms with Gasteiger partial charge in [-0.2, -0.15) is 5.26 Å². The van der Waals surface area contributed by atoms with Gasteiger partial charge in [0.2, 0.25) is 11.8 Å². The number of rotatable bonds is 8. The van der Waals surface area contributed by atoms with Gasteiger partial charge < -0.3 is 19.4 Å². The van der Waals surface area contributed by atoms with Crippen molar-refractivity contribution in [3.63, 3.8) is 0 Å². The van der Waals surface area contributed by atoms with Gasteiger partial charge in [0.15, 0.2) is 0 Å². The molecule has 5 heterocycles. The number of anilines is 2. The Labute approximate surface area is 348 Å². The highest BCUT2D eigenvalue weighted by atomic mass is 35.5. The van der Waals surface area contributed by atoms with Crippen LogP contribution in [-0.4, -0.2) is 115 Å². The molecule has 0 radical (unpaired) electrons. The fraction of sp³-hybridized carbons (Fsp3) is 0.467. The number of piperazine rings is 1. The van der Waals surface area contributed by atoms with E-state index in [-0.39, 0.29) is 36.7 Å². The molecule has 4 unspecified atom stereocenters. The van der Waals surface area contributed by atoms with Gasteiger partial charge in [-0.25, -0.2) is 0 Å². The number of imide groups is 2. The number of nitrogens with one attached hydrogen (secondary N) is 1. The SMILES string of the molecule is N#Cc1ccc(OC2CC3CCN(C(=O)c4ccc(N5CCN(CC6CCN(c7ccc8c(c7)C(=O)N(C7CCC(=O)NC7=O)C8=O)CC6)CC5)cc4)CC2C3)cc1Cl. The second-order valence-electron chi connectivity index (χ2n) is 17.0. The third-order valence-corrected chi connectivity index (χ3v) is 13.7. The number of halogens is 1. The maximum atomic E-state index is 13.7. The predicted molar refractivity (Wildman–Crippen MR) is 220 cm³/mol. The number of carbonyl (C=O) groups excluding carboxylic acids is 5. The minimum atomic E-state index is -0.969. The molecule has 1 aliphatic carbocycles. The van der Waals surface area contributed by atoms with Gasteiger partial charge in [0.05, 0.1) is 21.7 Å². The number of fused-ring (bicyclic) bond motifs is 3. The molecule has 3 aromatic rings. The number of likely N-dealkylation sites (tertiary alicyclic amines) is 1. The second-order valence-corrected chi connectivity index (χ2v) is 17.4. The van der Waals surface area contributed by atoms with Crippen LogP contribution < -0.4 is 19.9 Å². The lowest BCUT2D eigenvalue weighted by molar-refractivity contribution is -0.136. The van der Waals surface area contributed by atoms with E-state index in [1.807, 2.05) is 23.1 Å². The molecule has 1 saturated carbocycles. The highest BCUT2D eigenvalue weighted by molar-refractivity contribution is 6.31. The Morgan fingerprint density at radius 3 is 2.25 bits per heavy atom. The summed E-state index contributed by atoms with van der Waals surface area (Å²) in [5, 5.41) is 11.9. The summed E-state index contributed by atoms with van der Waals surface area (Å²) in [6.45, 7) is 7.95. The molecule has 2 bridgehead atoms. The average Bonchev–Trinajstić information content (AvgIpc) is 3.64. The van der Waals surface area contributed by atoms with Gasteiger partial charge in [0.25, 0.3) is 17.7 Å². The lowest BCUT2D eigenvalue weighted by atomic mass is 9.95. The molecule has 59 heavy (non-hydrogen) atoms. The molecule has 3 aromatic carbocycles. The summed E-state index contributed by atoms with van der Waals surface area (Å²) < 4.78 is 6.38. The van der Waals surface area contributed by atoms with Gasteiger partial charge in [0, 0.05) is 94.2 Å². The summed E-state index contributed by atoms with van der Waals surface area (Å²) in [6.07, 6.45) is 5.27. The molecule has 14 heteroatoms. The van der Waals surface area contributed by atoms with Gasteiger partial charge in [-0.1, -0.05) is 11.6 Å². The van der Waals surface area contributed by atoms with Gasteiger partial charge in [-0.15, -0.1) is 0 Å². The summed E-state index contributed by atoms with van der Waals surface area (Å²) >= 11 is 6.26. The first-order chi connectivity index (χ1) is 28.6. The lowest BCUT2D eigenvalue weighted by Gasteiger charge is -2.40. The van der Waals surface area contributed by atoms with Crippen molar-refractivity contribution in [1.82, 2.24) is 20.0 Å². The van der Waals surface area contributed by atoms with Crippen LogP contribution in [0.2, 0.25) is 5.02 Å². The first-order valence-corrected chi connectivity index (χ1v) is 21.3. The summed E-state index contributed by atoms with van der Waals surface area (Å²) in [5.41, 5.74) is 3.79. The largest absolute Gasteiger partial charge is 0.490 e. The van der Waals surface area contributed by atoms with E-state index >= 15 is 0 Å². The third kappa shape index (κ3) is 7.88. The first-order valence-electron chi connectivity index (χ1n) is 21.0. The van der Waals surface area contributed by atoms with Crippen LogP contribution in [-0.2, 0) is 9.59 Å². The van der Waals surface area contributed by atoms with E-state index in [1.54, 1.807) is 30.3 Å². The topological polar surface area (TPSA) is 147 Å². The Morgan fingerprint density at radius 2 is 1.53 bits per heavy atom. The van der Waals surface area contributed by atoms with Crippen LogP contribution >= 0.6 is 11.6 Å². The van der Waals surface area contributed by atoms with Crippen molar-refractivity contribution in [3.05, 3.63) is 87.9 Å². The van der Waals surface area contributed by atoms with E-state index in [0.29, 0.717) is 51.4 Å². The zero-order valence-corrected chi connectivity index (χ0v) is 33.7. The third-order valence-electron chi connectivity index (χ3n) is 13.4. The molecule has 9 rings (SSSR count). The lowest BCUT2D eigenvalue weighted by Crippen LogP contribution is -2.54. The first kappa shape index (κ1) is 39.0. The van der Waals surface area contributed by atoms with Crippen LogP contribution in [0.15, 0.2) is 60.7 Å². The van der Waals surface area contributed by atoms with Crippen molar-refractivity contribution in [2.45, 2.75) is 57.1 Å². The number of hydrogen-bond donors (Lipinski definition) is 1. The number of benzene rings is 3. The molecule has 0 aromatic heterocycles. The van der Waals surface area contributed by atoms with Crippen LogP contribution in [0.3, 0.4) is 0 Å². The Bertz CT molecular complexity index is 2210. The Kier molecular flexibility index (Phi) is 10.8. The Morgan fingerprint density at radius 1 is 0.797 bits per heavy atom. The van der Waals surface area contributed by atoms with Gasteiger partial charge in [-0.05, 0) is 105 Å². The molecule has 6 aliphatic rings. The minimum absolute atomic E-state index is 0.00831. The molecule has 1 N–H and O–H groups in total. The molecule has 5 aliphatic heterocycles. The zero-order valence-electron chi connectivity index (χ0n) is 33.0. The molecule has 13 nitrogen and oxygen atoms in total. The Balaban J connectivity index is 0.731. The smallest absolute Gasteiger partial charge is 0.262 e. The highest BCUT2D eigenvalue weighted by Crippen LogP contribution is 2.40. The molecule has 5 amide bonds. The van der Waals surface area contributed by atoms with E-state index in [9.17, 15) is 29.2 Å². The molecular formula is C45H48ClN7O6. The standard InChI is InChI=1S/C45H48ClN7O6/c46-38-24-35(7-3-31(38)25-47)59-40-22-29-13-16-52(27-32(40)21-29)43(56)30-1-4-33(5-2-30)51-19-17-49(18-20-51)26-28-11-14-50(15-12-28)34-6-8-36-37(23-34)45(58)53(44(36)57)39-9-10-41(54)48-42(39)55/h1-8,23-24,28-29,32,39-40H,9-22,26-27H2,(H,48,54,55). The molecule has 4 atom stereocenters. The average molecular weight is 818 g/mol. The maximum Gasteiger partial charge on any atom is 0.262 e. The van der Waals surface area contributed by atoms with Gasteiger partial charge in [-0.3, -0.25) is 39.1 Å². The summed E-state index contributed by atoms with van der Waals surface area (Å²) in [7, 11) is 0. The summed E-state index contributed by atoms with van der Waals surface area (Å²) in [5.74, 6) is 0.105. The van der Waals surface area contributed by atoms with Crippen LogP contribution in [0.4, 0.5) is 11.4 Å². The van der Waals surface area contributed by atoms with Crippen molar-refractivity contribution < 1.29 is 28.7 Å². The van der Waals surface area contributed by atoms with Gasteiger partial charge in [0.1, 0.15) is 24.0 Å². The van der Waals surface area contributed by atoms with Crippen LogP contribution in [0.5, 0.6) is 5.75 Å². The number of nitrogens with zero attached hydrogens (tertiary/aromatic N) is 6. The minimum Gasteiger partial charge on any atom is -0.490 e. The number of ether oxygens (including phenoxy) is 1. The fourth-order valence-corrected chi connectivity index (χ4v) is 10.3. The van der Waals surface area contributed by atoms with E-state index in [1.165, 1.54) is 0 Å². The quantitative estimate of drug-likeness (QED) is 0.310. The number of piperidine rings is 2. The predicted octanol–water partition coefficient (Wildman–Crippen LogP) is 4.97. The normalized spacial score (nSPS) is 25.2. The molecule has 0 spiro atoms. The zero-order chi connectivity index (χ0) is 40.8. The molecule has 4 saturated heterocycles. The number of nitriles is 1. The number of carbonyl (C=O) groups is 5. The summed E-state index contributed by atoms with van der Waals surface area (Å²) in [6, 6.07) is 19.8. The monoisotopic (exact) mass is 817 g/mol. The van der Waals surface area contributed by atoms with Gasteiger partial charge >= 0.3 is 0 Å². The number of hydrogen-bond acceptors (Lipinski definition) is 10. The molecular weight excluding hydrogens is 770 g/mol. The van der Waals surface area contributed by atoms with Crippen molar-refractivity contribution >= 4 is 52.5 Å². The van der Waals surface area contributed by atoms with Crippen LogP contribution in [0, 0.1) is 29.1 Å².